The number of nitrogens with zero attached hydrogens (tertiary/aromatic N) is 3. The smallest absolute Gasteiger partial charge is 0.247 e. The van der Waals surface area contributed by atoms with Gasteiger partial charge in [0.2, 0.25) is 11.8 Å². The van der Waals surface area contributed by atoms with E-state index in [-0.39, 0.29) is 0 Å². The fraction of sp³-hybridized carbons (Fsp3) is 0.263. The van der Waals surface area contributed by atoms with Gasteiger partial charge in [-0.3, -0.25) is 0 Å². The van der Waals surface area contributed by atoms with Crippen LogP contribution in [0.15, 0.2) is 52.9 Å². The summed E-state index contributed by atoms with van der Waals surface area (Å²) in [5, 5.41) is 8.40. The van der Waals surface area contributed by atoms with Gasteiger partial charge < -0.3 is 9.32 Å². The summed E-state index contributed by atoms with van der Waals surface area (Å²) in [6.45, 7) is 3.83. The molecule has 3 aromatic rings. The standard InChI is InChI=1S/C19H19N3O/c1-14-9-10-17-16(12-14)8-5-11-22(17)13-18-20-21-19(23-18)15-6-3-2-4-7-15/h2-4,6-7,9-10,12H,5,8,11,13H2,1H3. The molecule has 23 heavy (non-hydrogen) atoms. The van der Waals surface area contributed by atoms with E-state index in [0.29, 0.717) is 18.3 Å². The molecule has 116 valence electrons. The highest BCUT2D eigenvalue weighted by Crippen LogP contribution is 2.29. The van der Waals surface area contributed by atoms with Crippen LogP contribution in [0.1, 0.15) is 23.4 Å². The Hall–Kier alpha value is -2.62. The molecule has 0 saturated heterocycles. The van der Waals surface area contributed by atoms with Crippen molar-refractivity contribution in [3.8, 4) is 11.5 Å². The van der Waals surface area contributed by atoms with Crippen LogP contribution in [0.5, 0.6) is 0 Å². The lowest BCUT2D eigenvalue weighted by atomic mass is 10.00. The van der Waals surface area contributed by atoms with E-state index < -0.39 is 0 Å². The summed E-state index contributed by atoms with van der Waals surface area (Å²) in [5.74, 6) is 1.25. The van der Waals surface area contributed by atoms with Crippen molar-refractivity contribution in [3.63, 3.8) is 0 Å². The van der Waals surface area contributed by atoms with Gasteiger partial charge in [-0.15, -0.1) is 10.2 Å². The van der Waals surface area contributed by atoms with Gasteiger partial charge in [0.05, 0.1) is 6.54 Å². The minimum absolute atomic E-state index is 0.585. The number of fused-ring (bicyclic) bond motifs is 1. The number of anilines is 1. The predicted molar refractivity (Wildman–Crippen MR) is 90.3 cm³/mol. The summed E-state index contributed by atoms with van der Waals surface area (Å²) in [6.07, 6.45) is 2.31. The summed E-state index contributed by atoms with van der Waals surface area (Å²) >= 11 is 0. The summed E-state index contributed by atoms with van der Waals surface area (Å²) < 4.78 is 5.85. The number of aryl methyl sites for hydroxylation is 2. The molecule has 0 aliphatic carbocycles. The number of rotatable bonds is 3. The summed E-state index contributed by atoms with van der Waals surface area (Å²) in [4.78, 5) is 2.33. The van der Waals surface area contributed by atoms with Crippen LogP contribution >= 0.6 is 0 Å². The summed E-state index contributed by atoms with van der Waals surface area (Å²) in [7, 11) is 0. The van der Waals surface area contributed by atoms with Gasteiger partial charge >= 0.3 is 0 Å². The zero-order valence-electron chi connectivity index (χ0n) is 13.2. The van der Waals surface area contributed by atoms with Gasteiger partial charge in [-0.25, -0.2) is 0 Å². The first kappa shape index (κ1) is 14.0. The minimum Gasteiger partial charge on any atom is -0.419 e. The third-order valence-electron chi connectivity index (χ3n) is 4.26. The fourth-order valence-corrected chi connectivity index (χ4v) is 3.15. The molecule has 0 unspecified atom stereocenters. The first-order chi connectivity index (χ1) is 11.3. The molecule has 0 fully saturated rings. The van der Waals surface area contributed by atoms with Crippen LogP contribution < -0.4 is 4.90 Å². The maximum Gasteiger partial charge on any atom is 0.247 e. The van der Waals surface area contributed by atoms with E-state index in [1.165, 1.54) is 16.8 Å². The molecule has 1 aliphatic rings. The first-order valence-corrected chi connectivity index (χ1v) is 8.02. The zero-order chi connectivity index (χ0) is 15.6. The van der Waals surface area contributed by atoms with Crippen molar-refractivity contribution in [1.29, 1.82) is 0 Å². The van der Waals surface area contributed by atoms with Crippen molar-refractivity contribution in [2.24, 2.45) is 0 Å². The lowest BCUT2D eigenvalue weighted by Crippen LogP contribution is -2.29. The lowest BCUT2D eigenvalue weighted by Gasteiger charge is -2.30. The molecule has 0 spiro atoms. The van der Waals surface area contributed by atoms with E-state index >= 15 is 0 Å². The van der Waals surface area contributed by atoms with Crippen molar-refractivity contribution >= 4 is 5.69 Å². The van der Waals surface area contributed by atoms with Crippen molar-refractivity contribution in [3.05, 3.63) is 65.5 Å². The Kier molecular flexibility index (Phi) is 3.58. The minimum atomic E-state index is 0.585. The van der Waals surface area contributed by atoms with Crippen LogP contribution in [-0.4, -0.2) is 16.7 Å². The Labute approximate surface area is 135 Å². The molecule has 0 radical (unpaired) electrons. The quantitative estimate of drug-likeness (QED) is 0.733. The molecule has 0 amide bonds. The Morgan fingerprint density at radius 1 is 1.09 bits per heavy atom. The number of hydrogen-bond donors (Lipinski definition) is 0. The van der Waals surface area contributed by atoms with Gasteiger partial charge in [-0.2, -0.15) is 0 Å². The highest BCUT2D eigenvalue weighted by Gasteiger charge is 2.19. The van der Waals surface area contributed by atoms with Crippen molar-refractivity contribution in [2.75, 3.05) is 11.4 Å². The van der Waals surface area contributed by atoms with Crippen LogP contribution in [-0.2, 0) is 13.0 Å². The maximum absolute atomic E-state index is 5.85. The molecule has 2 aromatic carbocycles. The Morgan fingerprint density at radius 3 is 2.83 bits per heavy atom. The van der Waals surface area contributed by atoms with Crippen molar-refractivity contribution in [1.82, 2.24) is 10.2 Å². The largest absolute Gasteiger partial charge is 0.419 e. The van der Waals surface area contributed by atoms with E-state index in [1.807, 2.05) is 30.3 Å². The molecule has 0 N–H and O–H groups in total. The van der Waals surface area contributed by atoms with E-state index in [2.05, 4.69) is 40.2 Å². The van der Waals surface area contributed by atoms with Gasteiger partial charge in [-0.05, 0) is 43.5 Å². The second kappa shape index (κ2) is 5.88. The van der Waals surface area contributed by atoms with Crippen LogP contribution in [0.4, 0.5) is 5.69 Å². The third-order valence-corrected chi connectivity index (χ3v) is 4.26. The molecule has 2 heterocycles. The number of aromatic nitrogens is 2. The van der Waals surface area contributed by atoms with Crippen LogP contribution in [0.3, 0.4) is 0 Å². The van der Waals surface area contributed by atoms with Gasteiger partial charge in [0, 0.05) is 17.8 Å². The molecule has 4 nitrogen and oxygen atoms in total. The average Bonchev–Trinajstić information content (AvgIpc) is 3.04. The van der Waals surface area contributed by atoms with E-state index in [4.69, 9.17) is 4.42 Å². The Morgan fingerprint density at radius 2 is 1.96 bits per heavy atom. The maximum atomic E-state index is 5.85. The second-order valence-electron chi connectivity index (χ2n) is 6.02. The SMILES string of the molecule is Cc1ccc2c(c1)CCCN2Cc1nnc(-c2ccccc2)o1. The first-order valence-electron chi connectivity index (χ1n) is 8.02. The zero-order valence-corrected chi connectivity index (χ0v) is 13.2. The predicted octanol–water partition coefficient (Wildman–Crippen LogP) is 4.00. The van der Waals surface area contributed by atoms with Crippen molar-refractivity contribution < 1.29 is 4.42 Å². The second-order valence-corrected chi connectivity index (χ2v) is 6.02. The van der Waals surface area contributed by atoms with Gasteiger partial charge in [0.25, 0.3) is 0 Å². The Balaban J connectivity index is 1.57. The highest BCUT2D eigenvalue weighted by molar-refractivity contribution is 5.57. The molecule has 1 aromatic heterocycles. The average molecular weight is 305 g/mol. The monoisotopic (exact) mass is 305 g/mol. The summed E-state index contributed by atoms with van der Waals surface area (Å²) in [5.41, 5.74) is 4.98. The number of benzene rings is 2. The van der Waals surface area contributed by atoms with Crippen molar-refractivity contribution in [2.45, 2.75) is 26.3 Å². The van der Waals surface area contributed by atoms with Gasteiger partial charge in [0.15, 0.2) is 0 Å². The highest BCUT2D eigenvalue weighted by atomic mass is 16.4. The van der Waals surface area contributed by atoms with E-state index in [1.54, 1.807) is 0 Å². The lowest BCUT2D eigenvalue weighted by molar-refractivity contribution is 0.493. The molecule has 0 saturated carbocycles. The topological polar surface area (TPSA) is 42.2 Å². The molecule has 4 heteroatoms. The van der Waals surface area contributed by atoms with Crippen LogP contribution in [0.2, 0.25) is 0 Å². The van der Waals surface area contributed by atoms with Crippen LogP contribution in [0, 0.1) is 6.92 Å². The molecule has 1 aliphatic heterocycles. The van der Waals surface area contributed by atoms with Crippen LogP contribution in [0.25, 0.3) is 11.5 Å². The van der Waals surface area contributed by atoms with Gasteiger partial charge in [-0.1, -0.05) is 35.9 Å². The molecule has 0 bridgehead atoms. The van der Waals surface area contributed by atoms with Gasteiger partial charge in [0.1, 0.15) is 0 Å². The Bertz CT molecular complexity index is 810. The normalized spacial score (nSPS) is 13.9. The summed E-state index contributed by atoms with van der Waals surface area (Å²) in [6, 6.07) is 16.5. The number of hydrogen-bond acceptors (Lipinski definition) is 4. The molecule has 0 atom stereocenters. The molecular formula is C19H19N3O. The van der Waals surface area contributed by atoms with E-state index in [0.717, 1.165) is 24.9 Å². The molecule has 4 rings (SSSR count). The third kappa shape index (κ3) is 2.84. The molecular weight excluding hydrogens is 286 g/mol. The fourth-order valence-electron chi connectivity index (χ4n) is 3.15. The van der Waals surface area contributed by atoms with E-state index in [9.17, 15) is 0 Å².